The van der Waals surface area contributed by atoms with Gasteiger partial charge in [0.2, 0.25) is 0 Å². The first kappa shape index (κ1) is 28.4. The van der Waals surface area contributed by atoms with Crippen LogP contribution >= 0.6 is 0 Å². The van der Waals surface area contributed by atoms with E-state index in [1.807, 2.05) is 0 Å². The molecule has 0 aliphatic carbocycles. The summed E-state index contributed by atoms with van der Waals surface area (Å²) in [5.74, 6) is 0.750. The predicted octanol–water partition coefficient (Wildman–Crippen LogP) is 5.05. The zero-order chi connectivity index (χ0) is 20.6. The van der Waals surface area contributed by atoms with E-state index in [1.54, 1.807) is 0 Å². The molecule has 0 spiro atoms. The standard InChI is InChI=1S/C12H24O3.C11H25N/c1-3-4-5-8-11(2)9-6-7-10-15-12(13)14;1-3-4-5-6-7-8-9-10-11-12-2/h11H,3-10H2,1-2H3,(H,13,14);12H,3-11H2,1-2H3. The van der Waals surface area contributed by atoms with Crippen LogP contribution in [0.15, 0.2) is 0 Å². The molecule has 0 aliphatic heterocycles. The van der Waals surface area contributed by atoms with E-state index in [-0.39, 0.29) is 6.61 Å². The van der Waals surface area contributed by atoms with E-state index in [1.165, 1.54) is 90.0 Å². The lowest BCUT2D eigenvalue weighted by atomic mass is 9.97. The van der Waals surface area contributed by atoms with E-state index in [2.05, 4.69) is 37.9 Å². The van der Waals surface area contributed by atoms with Crippen molar-refractivity contribution in [1.82, 2.24) is 0 Å². The molecule has 0 radical (unpaired) electrons. The number of carboxylic acid groups (broad SMARTS) is 1. The van der Waals surface area contributed by atoms with Gasteiger partial charge in [0.1, 0.15) is 0 Å². The van der Waals surface area contributed by atoms with Gasteiger partial charge in [0.25, 0.3) is 6.16 Å². The molecule has 0 rings (SSSR count). The third kappa shape index (κ3) is 30.2. The minimum Gasteiger partial charge on any atom is -0.550 e. The second-order valence-corrected chi connectivity index (χ2v) is 7.87. The van der Waals surface area contributed by atoms with Gasteiger partial charge in [0.15, 0.2) is 0 Å². The zero-order valence-electron chi connectivity index (χ0n) is 18.9. The normalized spacial score (nSPS) is 11.6. The Labute approximate surface area is 169 Å². The van der Waals surface area contributed by atoms with Gasteiger partial charge in [-0.25, -0.2) is 0 Å². The maximum Gasteiger partial charge on any atom is 0.251 e. The first-order chi connectivity index (χ1) is 13.1. The molecule has 1 unspecified atom stereocenters. The maximum absolute atomic E-state index is 9.94. The number of hydrogen-bond acceptors (Lipinski definition) is 3. The highest BCUT2D eigenvalue weighted by atomic mass is 16.7. The summed E-state index contributed by atoms with van der Waals surface area (Å²) in [6.45, 7) is 8.34. The second-order valence-electron chi connectivity index (χ2n) is 7.87. The van der Waals surface area contributed by atoms with Crippen LogP contribution in [0.4, 0.5) is 4.79 Å². The largest absolute Gasteiger partial charge is 0.550 e. The lowest BCUT2D eigenvalue weighted by molar-refractivity contribution is -0.627. The van der Waals surface area contributed by atoms with Crippen molar-refractivity contribution in [3.63, 3.8) is 0 Å². The molecular formula is C23H49NO3. The summed E-state index contributed by atoms with van der Waals surface area (Å²) in [6, 6.07) is 0. The highest BCUT2D eigenvalue weighted by Gasteiger charge is 2.01. The Hall–Kier alpha value is -0.770. The van der Waals surface area contributed by atoms with Gasteiger partial charge in [-0.1, -0.05) is 97.8 Å². The van der Waals surface area contributed by atoms with Crippen LogP contribution in [0.5, 0.6) is 0 Å². The van der Waals surface area contributed by atoms with E-state index in [4.69, 9.17) is 0 Å². The number of carbonyl (C=O) groups excluding carboxylic acids is 1. The third-order valence-electron chi connectivity index (χ3n) is 4.96. The van der Waals surface area contributed by atoms with Crippen molar-refractivity contribution >= 4 is 6.16 Å². The molecule has 0 saturated carbocycles. The monoisotopic (exact) mass is 387 g/mol. The number of hydrogen-bond donors (Lipinski definition) is 1. The van der Waals surface area contributed by atoms with Crippen molar-refractivity contribution in [3.8, 4) is 0 Å². The highest BCUT2D eigenvalue weighted by Crippen LogP contribution is 2.15. The summed E-state index contributed by atoms with van der Waals surface area (Å²) in [5, 5.41) is 12.2. The first-order valence-corrected chi connectivity index (χ1v) is 11.7. The van der Waals surface area contributed by atoms with Gasteiger partial charge in [-0.15, -0.1) is 0 Å². The average Bonchev–Trinajstić information content (AvgIpc) is 2.64. The maximum atomic E-state index is 9.94. The molecule has 0 saturated heterocycles. The number of rotatable bonds is 18. The van der Waals surface area contributed by atoms with Gasteiger partial charge in [-0.2, -0.15) is 0 Å². The van der Waals surface area contributed by atoms with E-state index < -0.39 is 6.16 Å². The van der Waals surface area contributed by atoms with Crippen LogP contribution in [0, 0.1) is 5.92 Å². The van der Waals surface area contributed by atoms with Crippen molar-refractivity contribution in [2.24, 2.45) is 5.92 Å². The van der Waals surface area contributed by atoms with Crippen molar-refractivity contribution in [2.75, 3.05) is 20.2 Å². The molecule has 0 aromatic heterocycles. The molecular weight excluding hydrogens is 338 g/mol. The molecule has 2 N–H and O–H groups in total. The summed E-state index contributed by atoms with van der Waals surface area (Å²) in [4.78, 5) is 9.94. The number of unbranched alkanes of at least 4 members (excludes halogenated alkanes) is 10. The number of nitrogens with two attached hydrogens (primary N) is 1. The minimum absolute atomic E-state index is 0.282. The lowest BCUT2D eigenvalue weighted by Crippen LogP contribution is -2.79. The van der Waals surface area contributed by atoms with Gasteiger partial charge >= 0.3 is 0 Å². The average molecular weight is 388 g/mol. The Bertz CT molecular complexity index is 275. The molecule has 1 atom stereocenters. The molecule has 0 aliphatic rings. The fraction of sp³-hybridized carbons (Fsp3) is 0.957. The van der Waals surface area contributed by atoms with Crippen LogP contribution in [-0.4, -0.2) is 26.4 Å². The number of carbonyl (C=O) groups is 1. The van der Waals surface area contributed by atoms with Crippen LogP contribution in [-0.2, 0) is 4.74 Å². The highest BCUT2D eigenvalue weighted by molar-refractivity contribution is 5.53. The van der Waals surface area contributed by atoms with Gasteiger partial charge in [-0.3, -0.25) is 0 Å². The predicted molar refractivity (Wildman–Crippen MR) is 114 cm³/mol. The fourth-order valence-electron chi connectivity index (χ4n) is 3.12. The van der Waals surface area contributed by atoms with Crippen LogP contribution < -0.4 is 10.4 Å². The van der Waals surface area contributed by atoms with Crippen molar-refractivity contribution < 1.29 is 20.0 Å². The fourth-order valence-corrected chi connectivity index (χ4v) is 3.12. The van der Waals surface area contributed by atoms with Gasteiger partial charge in [-0.05, 0) is 25.2 Å². The molecule has 0 fully saturated rings. The molecule has 0 amide bonds. The van der Waals surface area contributed by atoms with Crippen LogP contribution in [0.1, 0.15) is 117 Å². The molecule has 4 heteroatoms. The quantitative estimate of drug-likeness (QED) is 0.264. The van der Waals surface area contributed by atoms with Gasteiger partial charge in [0.05, 0.1) is 13.6 Å². The number of ether oxygens (including phenoxy) is 1. The SMILES string of the molecule is CCCCCC(C)CCCCOC(=O)[O-].CCCCCCCCCC[NH2+]C. The molecule has 164 valence electrons. The van der Waals surface area contributed by atoms with E-state index in [9.17, 15) is 9.90 Å². The van der Waals surface area contributed by atoms with E-state index in [0.717, 1.165) is 18.8 Å². The molecule has 0 aromatic rings. The van der Waals surface area contributed by atoms with Crippen molar-refractivity contribution in [3.05, 3.63) is 0 Å². The Morgan fingerprint density at radius 3 is 1.81 bits per heavy atom. The molecule has 4 nitrogen and oxygen atoms in total. The Kier molecular flexibility index (Phi) is 26.6. The Balaban J connectivity index is 0. The minimum atomic E-state index is -1.41. The topological polar surface area (TPSA) is 66.0 Å². The second kappa shape index (κ2) is 25.2. The molecule has 27 heavy (non-hydrogen) atoms. The van der Waals surface area contributed by atoms with Crippen LogP contribution in [0.3, 0.4) is 0 Å². The van der Waals surface area contributed by atoms with Crippen molar-refractivity contribution in [2.45, 2.75) is 117 Å². The first-order valence-electron chi connectivity index (χ1n) is 11.7. The summed E-state index contributed by atoms with van der Waals surface area (Å²) in [6.07, 6.45) is 18.3. The molecule has 0 heterocycles. The molecule has 0 bridgehead atoms. The summed E-state index contributed by atoms with van der Waals surface area (Å²) in [5.41, 5.74) is 0. The van der Waals surface area contributed by atoms with Gasteiger partial charge in [0, 0.05) is 6.61 Å². The summed E-state index contributed by atoms with van der Waals surface area (Å²) >= 11 is 0. The Morgan fingerprint density at radius 1 is 0.815 bits per heavy atom. The molecule has 0 aromatic carbocycles. The Morgan fingerprint density at radius 2 is 1.30 bits per heavy atom. The van der Waals surface area contributed by atoms with E-state index >= 15 is 0 Å². The van der Waals surface area contributed by atoms with Gasteiger partial charge < -0.3 is 20.0 Å². The lowest BCUT2D eigenvalue weighted by Gasteiger charge is -2.11. The van der Waals surface area contributed by atoms with Crippen molar-refractivity contribution in [1.29, 1.82) is 0 Å². The number of quaternary nitrogens is 1. The summed E-state index contributed by atoms with van der Waals surface area (Å²) in [7, 11) is 2.15. The van der Waals surface area contributed by atoms with Crippen LogP contribution in [0.25, 0.3) is 0 Å². The zero-order valence-corrected chi connectivity index (χ0v) is 18.9. The summed E-state index contributed by atoms with van der Waals surface area (Å²) < 4.78 is 4.33. The van der Waals surface area contributed by atoms with Crippen LogP contribution in [0.2, 0.25) is 0 Å². The smallest absolute Gasteiger partial charge is 0.251 e. The van der Waals surface area contributed by atoms with E-state index in [0.29, 0.717) is 0 Å². The third-order valence-corrected chi connectivity index (χ3v) is 4.96.